The van der Waals surface area contributed by atoms with Crippen molar-refractivity contribution in [3.8, 4) is 0 Å². The molecule has 2 N–H and O–H groups in total. The van der Waals surface area contributed by atoms with E-state index in [1.54, 1.807) is 0 Å². The molecule has 0 saturated heterocycles. The molecule has 0 saturated carbocycles. The fourth-order valence-electron chi connectivity index (χ4n) is 1.68. The van der Waals surface area contributed by atoms with Crippen molar-refractivity contribution in [1.29, 1.82) is 0 Å². The van der Waals surface area contributed by atoms with E-state index in [0.717, 1.165) is 13.1 Å². The molecule has 0 aromatic carbocycles. The van der Waals surface area contributed by atoms with Gasteiger partial charge in [-0.25, -0.2) is 0 Å². The predicted octanol–water partition coefficient (Wildman–Crippen LogP) is -0.152. The van der Waals surface area contributed by atoms with Crippen LogP contribution >= 0.6 is 0 Å². The second-order valence-electron chi connectivity index (χ2n) is 4.16. The van der Waals surface area contributed by atoms with Crippen LogP contribution in [0.15, 0.2) is 12.2 Å². The van der Waals surface area contributed by atoms with E-state index < -0.39 is 5.92 Å². The van der Waals surface area contributed by atoms with Gasteiger partial charge in [0.15, 0.2) is 11.6 Å². The maximum absolute atomic E-state index is 11.3. The first-order valence-corrected chi connectivity index (χ1v) is 6.62. The van der Waals surface area contributed by atoms with E-state index >= 15 is 0 Å². The molecule has 0 atom stereocenters. The van der Waals surface area contributed by atoms with Crippen molar-refractivity contribution in [2.45, 2.75) is 13.3 Å². The third-order valence-corrected chi connectivity index (χ3v) is 2.69. The minimum atomic E-state index is -0.523. The number of hydrogen-bond donors (Lipinski definition) is 2. The first kappa shape index (κ1) is 16.0. The molecular formula is C13H22N2O4. The van der Waals surface area contributed by atoms with Gasteiger partial charge in [-0.3, -0.25) is 20.4 Å². The average Bonchev–Trinajstić information content (AvgIpc) is 2.72. The molecule has 1 rings (SSSR count). The summed E-state index contributed by atoms with van der Waals surface area (Å²) in [5.41, 5.74) is 5.95. The standard InChI is InChI=1S/C13H22N2O4/c1-2-14-15-6-8-19-10-9-18-7-5-11-12(16)3-4-13(11)17/h3-4,11,14-15H,2,5-10H2,1H3. The number of hydrazine groups is 1. The molecule has 0 amide bonds. The third kappa shape index (κ3) is 6.58. The molecule has 0 radical (unpaired) electrons. The maximum atomic E-state index is 11.3. The summed E-state index contributed by atoms with van der Waals surface area (Å²) < 4.78 is 10.6. The largest absolute Gasteiger partial charge is 0.379 e. The van der Waals surface area contributed by atoms with Crippen LogP contribution < -0.4 is 10.9 Å². The van der Waals surface area contributed by atoms with Crippen molar-refractivity contribution in [2.75, 3.05) is 39.5 Å². The smallest absolute Gasteiger partial charge is 0.166 e. The van der Waals surface area contributed by atoms with Crippen LogP contribution in [0.3, 0.4) is 0 Å². The zero-order valence-corrected chi connectivity index (χ0v) is 11.3. The van der Waals surface area contributed by atoms with Crippen molar-refractivity contribution in [2.24, 2.45) is 5.92 Å². The molecule has 19 heavy (non-hydrogen) atoms. The maximum Gasteiger partial charge on any atom is 0.166 e. The lowest BCUT2D eigenvalue weighted by Gasteiger charge is -2.08. The summed E-state index contributed by atoms with van der Waals surface area (Å²) >= 11 is 0. The highest BCUT2D eigenvalue weighted by atomic mass is 16.5. The van der Waals surface area contributed by atoms with Crippen LogP contribution in [0.4, 0.5) is 0 Å². The van der Waals surface area contributed by atoms with Gasteiger partial charge in [0.25, 0.3) is 0 Å². The zero-order valence-electron chi connectivity index (χ0n) is 11.3. The van der Waals surface area contributed by atoms with Gasteiger partial charge in [0.1, 0.15) is 0 Å². The second kappa shape index (κ2) is 9.80. The first-order valence-electron chi connectivity index (χ1n) is 6.62. The van der Waals surface area contributed by atoms with Gasteiger partial charge in [-0.2, -0.15) is 0 Å². The summed E-state index contributed by atoms with van der Waals surface area (Å²) in [5.74, 6) is -0.746. The van der Waals surface area contributed by atoms with Gasteiger partial charge in [-0.15, -0.1) is 0 Å². The molecule has 0 fully saturated rings. The van der Waals surface area contributed by atoms with Crippen LogP contribution in [0.2, 0.25) is 0 Å². The Labute approximate surface area is 113 Å². The Morgan fingerprint density at radius 1 is 1.00 bits per heavy atom. The lowest BCUT2D eigenvalue weighted by atomic mass is 10.0. The highest BCUT2D eigenvalue weighted by Gasteiger charge is 2.27. The molecule has 6 nitrogen and oxygen atoms in total. The van der Waals surface area contributed by atoms with Crippen LogP contribution in [0, 0.1) is 5.92 Å². The molecule has 108 valence electrons. The number of hydrogen-bond acceptors (Lipinski definition) is 6. The summed E-state index contributed by atoms with van der Waals surface area (Å²) in [6, 6.07) is 0. The summed E-state index contributed by atoms with van der Waals surface area (Å²) in [6.07, 6.45) is 3.13. The van der Waals surface area contributed by atoms with Crippen molar-refractivity contribution >= 4 is 11.6 Å². The summed E-state index contributed by atoms with van der Waals surface area (Å²) in [7, 11) is 0. The Balaban J connectivity index is 1.86. The van der Waals surface area contributed by atoms with E-state index in [0.29, 0.717) is 32.8 Å². The normalized spacial score (nSPS) is 15.6. The quantitative estimate of drug-likeness (QED) is 0.309. The highest BCUT2D eigenvalue weighted by molar-refractivity contribution is 6.18. The minimum absolute atomic E-state index is 0.112. The summed E-state index contributed by atoms with van der Waals surface area (Å²) in [6.45, 7) is 5.63. The lowest BCUT2D eigenvalue weighted by molar-refractivity contribution is -0.126. The second-order valence-corrected chi connectivity index (χ2v) is 4.16. The van der Waals surface area contributed by atoms with Crippen LogP contribution in [0.25, 0.3) is 0 Å². The topological polar surface area (TPSA) is 76.7 Å². The molecule has 0 unspecified atom stereocenters. The van der Waals surface area contributed by atoms with Crippen LogP contribution in [-0.2, 0) is 19.1 Å². The average molecular weight is 270 g/mol. The molecule has 0 aliphatic heterocycles. The van der Waals surface area contributed by atoms with E-state index in [-0.39, 0.29) is 11.6 Å². The third-order valence-electron chi connectivity index (χ3n) is 2.69. The summed E-state index contributed by atoms with van der Waals surface area (Å²) in [5, 5.41) is 0. The van der Waals surface area contributed by atoms with Crippen molar-refractivity contribution in [1.82, 2.24) is 10.9 Å². The number of ketones is 2. The van der Waals surface area contributed by atoms with Gasteiger partial charge in [0, 0.05) is 19.7 Å². The van der Waals surface area contributed by atoms with E-state index in [9.17, 15) is 9.59 Å². The van der Waals surface area contributed by atoms with Crippen LogP contribution in [-0.4, -0.2) is 51.1 Å². The highest BCUT2D eigenvalue weighted by Crippen LogP contribution is 2.14. The van der Waals surface area contributed by atoms with Gasteiger partial charge >= 0.3 is 0 Å². The molecule has 0 bridgehead atoms. The zero-order chi connectivity index (χ0) is 13.9. The number of nitrogens with one attached hydrogen (secondary N) is 2. The molecule has 1 aliphatic rings. The van der Waals surface area contributed by atoms with Gasteiger partial charge in [0.05, 0.1) is 25.7 Å². The van der Waals surface area contributed by atoms with Crippen molar-refractivity contribution in [3.05, 3.63) is 12.2 Å². The Morgan fingerprint density at radius 2 is 1.63 bits per heavy atom. The van der Waals surface area contributed by atoms with Crippen LogP contribution in [0.5, 0.6) is 0 Å². The van der Waals surface area contributed by atoms with Gasteiger partial charge in [-0.05, 0) is 18.6 Å². The molecule has 0 spiro atoms. The van der Waals surface area contributed by atoms with E-state index in [2.05, 4.69) is 10.9 Å². The molecule has 6 heteroatoms. The molecule has 0 aromatic rings. The first-order chi connectivity index (χ1) is 9.25. The van der Waals surface area contributed by atoms with Crippen molar-refractivity contribution < 1.29 is 19.1 Å². The van der Waals surface area contributed by atoms with Gasteiger partial charge in [0.2, 0.25) is 0 Å². The number of carbonyl (C=O) groups is 2. The Kier molecular flexibility index (Phi) is 8.24. The lowest BCUT2D eigenvalue weighted by Crippen LogP contribution is -2.34. The SMILES string of the molecule is CCNNCCOCCOCCC1C(=O)C=CC1=O. The molecule has 1 aliphatic carbocycles. The number of allylic oxidation sites excluding steroid dienone is 2. The molecule has 0 heterocycles. The monoisotopic (exact) mass is 270 g/mol. The molecule has 0 aromatic heterocycles. The Hall–Kier alpha value is -1.08. The number of rotatable bonds is 11. The summed E-state index contributed by atoms with van der Waals surface area (Å²) in [4.78, 5) is 22.6. The van der Waals surface area contributed by atoms with Gasteiger partial charge in [-0.1, -0.05) is 6.92 Å². The fraction of sp³-hybridized carbons (Fsp3) is 0.692. The Bertz CT molecular complexity index is 300. The van der Waals surface area contributed by atoms with E-state index in [1.165, 1.54) is 12.2 Å². The van der Waals surface area contributed by atoms with E-state index in [4.69, 9.17) is 9.47 Å². The van der Waals surface area contributed by atoms with E-state index in [1.807, 2.05) is 6.92 Å². The number of carbonyl (C=O) groups excluding carboxylic acids is 2. The number of ether oxygens (including phenoxy) is 2. The predicted molar refractivity (Wildman–Crippen MR) is 70.6 cm³/mol. The van der Waals surface area contributed by atoms with Crippen molar-refractivity contribution in [3.63, 3.8) is 0 Å². The van der Waals surface area contributed by atoms with Gasteiger partial charge < -0.3 is 9.47 Å². The fourth-order valence-corrected chi connectivity index (χ4v) is 1.68. The van der Waals surface area contributed by atoms with Crippen LogP contribution in [0.1, 0.15) is 13.3 Å². The molecular weight excluding hydrogens is 248 g/mol. The minimum Gasteiger partial charge on any atom is -0.379 e. The Morgan fingerprint density at radius 3 is 2.26 bits per heavy atom.